The second-order valence-corrected chi connectivity index (χ2v) is 8.08. The first kappa shape index (κ1) is 26.9. The lowest BCUT2D eigenvalue weighted by Gasteiger charge is -2.13. The lowest BCUT2D eigenvalue weighted by Crippen LogP contribution is -2.27. The number of unbranched alkanes of at least 4 members (excludes halogenated alkanes) is 11. The van der Waals surface area contributed by atoms with Crippen molar-refractivity contribution < 1.29 is 29.3 Å². The summed E-state index contributed by atoms with van der Waals surface area (Å²) >= 11 is 3.23. The molecule has 0 saturated heterocycles. The van der Waals surface area contributed by atoms with Gasteiger partial charge in [0.05, 0.1) is 0 Å². The van der Waals surface area contributed by atoms with Gasteiger partial charge in [-0.05, 0) is 25.7 Å². The maximum Gasteiger partial charge on any atom is 0.345 e. The average Bonchev–Trinajstić information content (AvgIpc) is 2.65. The third-order valence-electron chi connectivity index (χ3n) is 4.67. The van der Waals surface area contributed by atoms with Gasteiger partial charge in [-0.1, -0.05) is 80.1 Å². The highest BCUT2D eigenvalue weighted by Gasteiger charge is 2.21. The van der Waals surface area contributed by atoms with Gasteiger partial charge in [0.15, 0.2) is 6.10 Å². The van der Waals surface area contributed by atoms with Crippen LogP contribution >= 0.6 is 15.9 Å². The molecule has 0 rings (SSSR count). The van der Waals surface area contributed by atoms with E-state index in [-0.39, 0.29) is 12.8 Å². The second kappa shape index (κ2) is 19.2. The van der Waals surface area contributed by atoms with E-state index in [1.165, 1.54) is 32.1 Å². The molecular weight excluding hydrogens is 428 g/mol. The van der Waals surface area contributed by atoms with Gasteiger partial charge in [-0.3, -0.25) is 9.59 Å². The van der Waals surface area contributed by atoms with E-state index in [4.69, 9.17) is 14.9 Å². The summed E-state index contributed by atoms with van der Waals surface area (Å²) < 4.78 is 5.04. The number of rotatable bonds is 20. The molecule has 0 bridgehead atoms. The highest BCUT2D eigenvalue weighted by Crippen LogP contribution is 2.14. The van der Waals surface area contributed by atoms with Gasteiger partial charge >= 0.3 is 17.9 Å². The fraction of sp³-hybridized carbons (Fsp3) is 0.857. The monoisotopic (exact) mass is 464 g/mol. The molecule has 0 aromatic carbocycles. The summed E-state index contributed by atoms with van der Waals surface area (Å²) in [6.07, 6.45) is 13.5. The van der Waals surface area contributed by atoms with Crippen molar-refractivity contribution in [1.82, 2.24) is 0 Å². The average molecular weight is 465 g/mol. The molecule has 0 aliphatic carbocycles. The minimum absolute atomic E-state index is 0.247. The highest BCUT2D eigenvalue weighted by atomic mass is 79.9. The summed E-state index contributed by atoms with van der Waals surface area (Å²) in [5, 5.41) is 18.4. The van der Waals surface area contributed by atoms with Crippen LogP contribution in [0, 0.1) is 0 Å². The highest BCUT2D eigenvalue weighted by molar-refractivity contribution is 9.09. The molecule has 0 spiro atoms. The molecule has 0 aromatic heterocycles. The first-order valence-corrected chi connectivity index (χ1v) is 11.8. The van der Waals surface area contributed by atoms with Gasteiger partial charge in [-0.2, -0.15) is 0 Å². The van der Waals surface area contributed by atoms with Crippen molar-refractivity contribution >= 4 is 33.8 Å². The summed E-state index contributed by atoms with van der Waals surface area (Å²) in [7, 11) is 0. The van der Waals surface area contributed by atoms with Crippen molar-refractivity contribution in [3.63, 3.8) is 0 Å². The lowest BCUT2D eigenvalue weighted by molar-refractivity contribution is -0.164. The maximum absolute atomic E-state index is 11.5. The molecular formula is C21H37BrO6. The number of halogens is 1. The molecule has 164 valence electrons. The van der Waals surface area contributed by atoms with E-state index in [2.05, 4.69) is 15.9 Å². The number of esters is 1. The van der Waals surface area contributed by atoms with Crippen LogP contribution in [0.5, 0.6) is 0 Å². The molecule has 0 radical (unpaired) electrons. The summed E-state index contributed by atoms with van der Waals surface area (Å²) in [6, 6.07) is 0. The first-order chi connectivity index (χ1) is 13.5. The van der Waals surface area contributed by atoms with Crippen molar-refractivity contribution in [3.05, 3.63) is 0 Å². The lowest BCUT2D eigenvalue weighted by atomic mass is 10.0. The predicted molar refractivity (Wildman–Crippen MR) is 113 cm³/mol. The van der Waals surface area contributed by atoms with Crippen LogP contribution in [0.4, 0.5) is 0 Å². The molecule has 0 fully saturated rings. The summed E-state index contributed by atoms with van der Waals surface area (Å²) in [6.45, 7) is 0. The minimum atomic E-state index is -1.06. The predicted octanol–water partition coefficient (Wildman–Crippen LogP) is 5.70. The van der Waals surface area contributed by atoms with E-state index in [0.717, 1.165) is 44.9 Å². The van der Waals surface area contributed by atoms with Gasteiger partial charge in [-0.25, -0.2) is 4.79 Å². The minimum Gasteiger partial charge on any atom is -0.481 e. The van der Waals surface area contributed by atoms with E-state index in [1.807, 2.05) is 0 Å². The van der Waals surface area contributed by atoms with Crippen LogP contribution < -0.4 is 0 Å². The van der Waals surface area contributed by atoms with Gasteiger partial charge in [0.25, 0.3) is 0 Å². The standard InChI is InChI=1S/C21H37BrO6/c22-17-13-16-20(25)28-18(21(26)27)14-11-9-7-5-3-1-2-4-6-8-10-12-15-19(23)24/h18H,1-17H2,(H,23,24)(H,26,27). The summed E-state index contributed by atoms with van der Waals surface area (Å²) in [4.78, 5) is 33.1. The Kier molecular flexibility index (Phi) is 18.5. The molecule has 2 N–H and O–H groups in total. The number of hydrogen-bond donors (Lipinski definition) is 2. The topological polar surface area (TPSA) is 101 Å². The zero-order valence-electron chi connectivity index (χ0n) is 17.0. The van der Waals surface area contributed by atoms with Crippen molar-refractivity contribution in [2.24, 2.45) is 0 Å². The molecule has 7 heteroatoms. The number of carboxylic acid groups (broad SMARTS) is 2. The van der Waals surface area contributed by atoms with Crippen LogP contribution in [0.15, 0.2) is 0 Å². The Bertz CT molecular complexity index is 427. The van der Waals surface area contributed by atoms with E-state index < -0.39 is 24.0 Å². The molecule has 1 atom stereocenters. The Labute approximate surface area is 177 Å². The van der Waals surface area contributed by atoms with Crippen LogP contribution in [0.1, 0.15) is 103 Å². The third kappa shape index (κ3) is 18.3. The molecule has 0 amide bonds. The number of alkyl halides is 1. The van der Waals surface area contributed by atoms with Crippen molar-refractivity contribution in [1.29, 1.82) is 0 Å². The number of carbonyl (C=O) groups excluding carboxylic acids is 1. The van der Waals surface area contributed by atoms with Crippen molar-refractivity contribution in [2.75, 3.05) is 5.33 Å². The normalized spacial score (nSPS) is 11.9. The zero-order chi connectivity index (χ0) is 21.0. The number of aliphatic carboxylic acids is 2. The van der Waals surface area contributed by atoms with Gasteiger partial charge < -0.3 is 14.9 Å². The fourth-order valence-electron chi connectivity index (χ4n) is 3.04. The van der Waals surface area contributed by atoms with E-state index in [1.54, 1.807) is 0 Å². The van der Waals surface area contributed by atoms with Gasteiger partial charge in [0.1, 0.15) is 0 Å². The molecule has 1 unspecified atom stereocenters. The molecule has 0 heterocycles. The fourth-order valence-corrected chi connectivity index (χ4v) is 3.32. The Morgan fingerprint density at radius 3 is 1.57 bits per heavy atom. The van der Waals surface area contributed by atoms with Crippen molar-refractivity contribution in [2.45, 2.75) is 109 Å². The van der Waals surface area contributed by atoms with Gasteiger partial charge in [-0.15, -0.1) is 0 Å². The van der Waals surface area contributed by atoms with Crippen LogP contribution in [0.25, 0.3) is 0 Å². The molecule has 0 saturated carbocycles. The van der Waals surface area contributed by atoms with Crippen LogP contribution in [0.3, 0.4) is 0 Å². The molecule has 0 aliphatic heterocycles. The number of ether oxygens (including phenoxy) is 1. The SMILES string of the molecule is O=C(O)CCCCCCCCCCCCCCC(OC(=O)CCCBr)C(=O)O. The third-order valence-corrected chi connectivity index (χ3v) is 5.23. The van der Waals surface area contributed by atoms with E-state index in [0.29, 0.717) is 18.2 Å². The first-order valence-electron chi connectivity index (χ1n) is 10.7. The Hall–Kier alpha value is -1.11. The molecule has 6 nitrogen and oxygen atoms in total. The largest absolute Gasteiger partial charge is 0.481 e. The van der Waals surface area contributed by atoms with E-state index >= 15 is 0 Å². The quantitative estimate of drug-likeness (QED) is 0.136. The Balaban J connectivity index is 3.48. The van der Waals surface area contributed by atoms with Gasteiger partial charge in [0.2, 0.25) is 0 Å². The Morgan fingerprint density at radius 1 is 0.679 bits per heavy atom. The van der Waals surface area contributed by atoms with Crippen LogP contribution in [0.2, 0.25) is 0 Å². The van der Waals surface area contributed by atoms with Gasteiger partial charge in [0, 0.05) is 18.2 Å². The Morgan fingerprint density at radius 2 is 1.14 bits per heavy atom. The van der Waals surface area contributed by atoms with Crippen molar-refractivity contribution in [3.8, 4) is 0 Å². The second-order valence-electron chi connectivity index (χ2n) is 7.28. The molecule has 0 aliphatic rings. The van der Waals surface area contributed by atoms with Crippen LogP contribution in [-0.2, 0) is 19.1 Å². The number of carbonyl (C=O) groups is 3. The number of carboxylic acids is 2. The summed E-state index contributed by atoms with van der Waals surface area (Å²) in [5.41, 5.74) is 0. The maximum atomic E-state index is 11.5. The zero-order valence-corrected chi connectivity index (χ0v) is 18.6. The van der Waals surface area contributed by atoms with E-state index in [9.17, 15) is 14.4 Å². The molecule has 0 aromatic rings. The number of hydrogen-bond acceptors (Lipinski definition) is 4. The molecule has 28 heavy (non-hydrogen) atoms. The van der Waals surface area contributed by atoms with Crippen LogP contribution in [-0.4, -0.2) is 39.6 Å². The summed E-state index contributed by atoms with van der Waals surface area (Å²) in [5.74, 6) is -2.20. The smallest absolute Gasteiger partial charge is 0.345 e.